The molecule has 0 saturated heterocycles. The van der Waals surface area contributed by atoms with Gasteiger partial charge < -0.3 is 16.8 Å². The van der Waals surface area contributed by atoms with Crippen LogP contribution < -0.4 is 16.8 Å². The van der Waals surface area contributed by atoms with Crippen molar-refractivity contribution in [3.8, 4) is 0 Å². The lowest BCUT2D eigenvalue weighted by Gasteiger charge is -2.10. The van der Waals surface area contributed by atoms with Crippen LogP contribution in [0.15, 0.2) is 18.5 Å². The van der Waals surface area contributed by atoms with Gasteiger partial charge in [-0.1, -0.05) is 0 Å². The van der Waals surface area contributed by atoms with Crippen molar-refractivity contribution in [2.45, 2.75) is 13.5 Å². The molecule has 100 valence electrons. The molecule has 0 unspecified atom stereocenters. The van der Waals surface area contributed by atoms with Crippen LogP contribution in [-0.2, 0) is 13.6 Å². The second-order valence-corrected chi connectivity index (χ2v) is 4.25. The molecule has 0 aliphatic carbocycles. The smallest absolute Gasteiger partial charge is 0.252 e. The third kappa shape index (κ3) is 2.49. The average Bonchev–Trinajstić information content (AvgIpc) is 2.67. The standard InChI is InChI=1S/C12H16N6O/c1-7-3-4-15-12(9(7)11(14)19)16-5-8-6-17-18(2)10(8)13/h3-4,6H,5,13H2,1-2H3,(H2,14,19)(H,15,16). The fourth-order valence-electron chi connectivity index (χ4n) is 1.81. The van der Waals surface area contributed by atoms with E-state index in [1.165, 1.54) is 0 Å². The van der Waals surface area contributed by atoms with Gasteiger partial charge in [0.25, 0.3) is 5.91 Å². The van der Waals surface area contributed by atoms with E-state index in [1.807, 2.05) is 6.92 Å². The lowest BCUT2D eigenvalue weighted by molar-refractivity contribution is 0.1000. The van der Waals surface area contributed by atoms with Crippen LogP contribution in [0.25, 0.3) is 0 Å². The molecule has 2 rings (SSSR count). The molecule has 1 amide bonds. The summed E-state index contributed by atoms with van der Waals surface area (Å²) < 4.78 is 1.58. The van der Waals surface area contributed by atoms with Crippen molar-refractivity contribution in [1.82, 2.24) is 14.8 Å². The van der Waals surface area contributed by atoms with Gasteiger partial charge in [-0.15, -0.1) is 0 Å². The first kappa shape index (κ1) is 12.9. The molecular weight excluding hydrogens is 244 g/mol. The largest absolute Gasteiger partial charge is 0.384 e. The normalized spacial score (nSPS) is 10.4. The number of hydrogen-bond donors (Lipinski definition) is 3. The number of nitrogens with two attached hydrogens (primary N) is 2. The highest BCUT2D eigenvalue weighted by Crippen LogP contribution is 2.18. The third-order valence-electron chi connectivity index (χ3n) is 2.92. The molecule has 0 bridgehead atoms. The van der Waals surface area contributed by atoms with Crippen LogP contribution in [0.2, 0.25) is 0 Å². The van der Waals surface area contributed by atoms with E-state index in [1.54, 1.807) is 30.2 Å². The number of primary amides is 1. The van der Waals surface area contributed by atoms with E-state index >= 15 is 0 Å². The van der Waals surface area contributed by atoms with Crippen molar-refractivity contribution >= 4 is 17.5 Å². The molecule has 19 heavy (non-hydrogen) atoms. The quantitative estimate of drug-likeness (QED) is 0.737. The summed E-state index contributed by atoms with van der Waals surface area (Å²) in [4.78, 5) is 15.6. The minimum Gasteiger partial charge on any atom is -0.384 e. The van der Waals surface area contributed by atoms with Gasteiger partial charge in [-0.2, -0.15) is 5.10 Å². The van der Waals surface area contributed by atoms with Gasteiger partial charge in [0.15, 0.2) is 0 Å². The number of pyridine rings is 1. The van der Waals surface area contributed by atoms with E-state index in [4.69, 9.17) is 11.5 Å². The molecule has 0 aliphatic heterocycles. The predicted octanol–water partition coefficient (Wildman–Crippen LogP) is 0.417. The zero-order valence-electron chi connectivity index (χ0n) is 10.8. The van der Waals surface area contributed by atoms with Crippen LogP contribution in [0, 0.1) is 6.92 Å². The second-order valence-electron chi connectivity index (χ2n) is 4.25. The van der Waals surface area contributed by atoms with Crippen LogP contribution >= 0.6 is 0 Å². The van der Waals surface area contributed by atoms with Crippen molar-refractivity contribution in [1.29, 1.82) is 0 Å². The van der Waals surface area contributed by atoms with Crippen molar-refractivity contribution in [2.24, 2.45) is 12.8 Å². The third-order valence-corrected chi connectivity index (χ3v) is 2.92. The number of nitrogens with zero attached hydrogens (tertiary/aromatic N) is 3. The number of anilines is 2. The molecule has 7 nitrogen and oxygen atoms in total. The Balaban J connectivity index is 2.23. The van der Waals surface area contributed by atoms with E-state index in [9.17, 15) is 4.79 Å². The molecule has 2 heterocycles. The van der Waals surface area contributed by atoms with Crippen LogP contribution in [-0.4, -0.2) is 20.7 Å². The van der Waals surface area contributed by atoms with Gasteiger partial charge >= 0.3 is 0 Å². The molecule has 0 fully saturated rings. The molecule has 0 radical (unpaired) electrons. The maximum absolute atomic E-state index is 11.4. The summed E-state index contributed by atoms with van der Waals surface area (Å²) in [6, 6.07) is 1.74. The van der Waals surface area contributed by atoms with Crippen LogP contribution in [0.3, 0.4) is 0 Å². The van der Waals surface area contributed by atoms with Crippen LogP contribution in [0.5, 0.6) is 0 Å². The number of amides is 1. The van der Waals surface area contributed by atoms with E-state index in [0.717, 1.165) is 11.1 Å². The Hall–Kier alpha value is -2.57. The Labute approximate surface area is 110 Å². The molecule has 2 aromatic heterocycles. The number of carbonyl (C=O) groups excluding carboxylic acids is 1. The lowest BCUT2D eigenvalue weighted by Crippen LogP contribution is -2.17. The zero-order valence-corrected chi connectivity index (χ0v) is 10.8. The summed E-state index contributed by atoms with van der Waals surface area (Å²) in [5.74, 6) is 0.517. The molecule has 7 heteroatoms. The molecule has 0 spiro atoms. The molecule has 5 N–H and O–H groups in total. The first-order valence-electron chi connectivity index (χ1n) is 5.76. The van der Waals surface area contributed by atoms with Crippen LogP contribution in [0.1, 0.15) is 21.5 Å². The molecule has 0 saturated carbocycles. The van der Waals surface area contributed by atoms with Crippen molar-refractivity contribution in [3.05, 3.63) is 35.2 Å². The van der Waals surface area contributed by atoms with E-state index in [2.05, 4.69) is 15.4 Å². The maximum Gasteiger partial charge on any atom is 0.252 e. The molecule has 0 aliphatic rings. The van der Waals surface area contributed by atoms with Crippen LogP contribution in [0.4, 0.5) is 11.6 Å². The topological polar surface area (TPSA) is 112 Å². The van der Waals surface area contributed by atoms with Gasteiger partial charge in [-0.05, 0) is 18.6 Å². The lowest BCUT2D eigenvalue weighted by atomic mass is 10.1. The Morgan fingerprint density at radius 2 is 2.26 bits per heavy atom. The Kier molecular flexibility index (Phi) is 3.37. The average molecular weight is 260 g/mol. The maximum atomic E-state index is 11.4. The van der Waals surface area contributed by atoms with Gasteiger partial charge in [-0.3, -0.25) is 9.48 Å². The number of hydrogen-bond acceptors (Lipinski definition) is 5. The second kappa shape index (κ2) is 4.97. The summed E-state index contributed by atoms with van der Waals surface area (Å²) >= 11 is 0. The minimum absolute atomic E-state index is 0.393. The summed E-state index contributed by atoms with van der Waals surface area (Å²) in [6.07, 6.45) is 3.29. The molecule has 0 aromatic carbocycles. The first-order chi connectivity index (χ1) is 9.00. The van der Waals surface area contributed by atoms with Gasteiger partial charge in [0.2, 0.25) is 0 Å². The van der Waals surface area contributed by atoms with Gasteiger partial charge in [0, 0.05) is 25.4 Å². The predicted molar refractivity (Wildman–Crippen MR) is 72.4 cm³/mol. The number of carbonyl (C=O) groups is 1. The summed E-state index contributed by atoms with van der Waals surface area (Å²) in [6.45, 7) is 2.24. The first-order valence-corrected chi connectivity index (χ1v) is 5.76. The SMILES string of the molecule is Cc1ccnc(NCc2cnn(C)c2N)c1C(N)=O. The van der Waals surface area contributed by atoms with Gasteiger partial charge in [0.05, 0.1) is 11.8 Å². The van der Waals surface area contributed by atoms with Gasteiger partial charge in [-0.25, -0.2) is 4.98 Å². The van der Waals surface area contributed by atoms with E-state index in [0.29, 0.717) is 23.7 Å². The van der Waals surface area contributed by atoms with E-state index < -0.39 is 5.91 Å². The highest BCUT2D eigenvalue weighted by atomic mass is 16.1. The monoisotopic (exact) mass is 260 g/mol. The number of aromatic nitrogens is 3. The Morgan fingerprint density at radius 1 is 1.53 bits per heavy atom. The van der Waals surface area contributed by atoms with Gasteiger partial charge in [0.1, 0.15) is 11.6 Å². The Bertz CT molecular complexity index is 619. The number of nitrogen functional groups attached to an aromatic ring is 1. The van der Waals surface area contributed by atoms with Crippen molar-refractivity contribution in [3.63, 3.8) is 0 Å². The molecular formula is C12H16N6O. The number of nitrogens with one attached hydrogen (secondary N) is 1. The van der Waals surface area contributed by atoms with Crippen molar-refractivity contribution in [2.75, 3.05) is 11.1 Å². The summed E-state index contributed by atoms with van der Waals surface area (Å²) in [5.41, 5.74) is 13.2. The number of aryl methyl sites for hydroxylation is 2. The highest BCUT2D eigenvalue weighted by molar-refractivity contribution is 5.98. The minimum atomic E-state index is -0.507. The summed E-state index contributed by atoms with van der Waals surface area (Å²) in [7, 11) is 1.76. The molecule has 2 aromatic rings. The Morgan fingerprint density at radius 3 is 2.84 bits per heavy atom. The number of rotatable bonds is 4. The summed E-state index contributed by atoms with van der Waals surface area (Å²) in [5, 5.41) is 7.10. The fraction of sp³-hybridized carbons (Fsp3) is 0.250. The zero-order chi connectivity index (χ0) is 14.0. The highest BCUT2D eigenvalue weighted by Gasteiger charge is 2.13. The fourth-order valence-corrected chi connectivity index (χ4v) is 1.81. The van der Waals surface area contributed by atoms with E-state index in [-0.39, 0.29) is 0 Å². The van der Waals surface area contributed by atoms with Crippen molar-refractivity contribution < 1.29 is 4.79 Å². The molecule has 0 atom stereocenters.